The van der Waals surface area contributed by atoms with Crippen LogP contribution in [0.3, 0.4) is 0 Å². The third-order valence-electron chi connectivity index (χ3n) is 5.64. The number of halogens is 6. The van der Waals surface area contributed by atoms with Crippen molar-refractivity contribution < 1.29 is 36.2 Å². The van der Waals surface area contributed by atoms with Gasteiger partial charge in [-0.1, -0.05) is 0 Å². The van der Waals surface area contributed by atoms with Gasteiger partial charge in [0.1, 0.15) is 12.0 Å². The number of carbonyl (C=O) groups excluding carboxylic acids is 1. The predicted octanol–water partition coefficient (Wildman–Crippen LogP) is 3.17. The van der Waals surface area contributed by atoms with Crippen molar-refractivity contribution in [2.45, 2.75) is 43.1 Å². The van der Waals surface area contributed by atoms with E-state index in [0.29, 0.717) is 12.8 Å². The Morgan fingerprint density at radius 1 is 1.10 bits per heavy atom. The van der Waals surface area contributed by atoms with Crippen molar-refractivity contribution in [3.05, 3.63) is 35.3 Å². The summed E-state index contributed by atoms with van der Waals surface area (Å²) in [4.78, 5) is 17.0. The molecule has 2 unspecified atom stereocenters. The van der Waals surface area contributed by atoms with Gasteiger partial charge in [0.2, 0.25) is 0 Å². The molecular weight excluding hydrogens is 432 g/mol. The number of aromatic nitrogens is 3. The van der Waals surface area contributed by atoms with Crippen molar-refractivity contribution in [2.75, 3.05) is 23.3 Å². The summed E-state index contributed by atoms with van der Waals surface area (Å²) in [7, 11) is 0. The normalized spacial score (nSPS) is 22.9. The lowest BCUT2D eigenvalue weighted by atomic mass is 9.83. The minimum Gasteiger partial charge on any atom is -0.382 e. The molecule has 0 bridgehead atoms. The molecule has 0 aromatic carbocycles. The molecule has 1 saturated heterocycles. The summed E-state index contributed by atoms with van der Waals surface area (Å²) in [6, 6.07) is 0.983. The summed E-state index contributed by atoms with van der Waals surface area (Å²) in [6.45, 7) is 0.570. The fourth-order valence-corrected chi connectivity index (χ4v) is 4.11. The second-order valence-electron chi connectivity index (χ2n) is 7.54. The first-order valence-corrected chi connectivity index (χ1v) is 9.38. The van der Waals surface area contributed by atoms with Gasteiger partial charge in [0.05, 0.1) is 17.4 Å². The highest BCUT2D eigenvalue weighted by molar-refractivity contribution is 5.97. The maximum absolute atomic E-state index is 13.6. The number of nitrogens with one attached hydrogen (secondary N) is 2. The fraction of sp³-hybridized carbons (Fsp3) is 0.500. The number of nitrogens with zero attached hydrogens (tertiary/aromatic N) is 3. The first-order valence-electron chi connectivity index (χ1n) is 9.38. The highest BCUT2D eigenvalue weighted by atomic mass is 19.4. The first kappa shape index (κ1) is 21.4. The van der Waals surface area contributed by atoms with Gasteiger partial charge in [0, 0.05) is 36.5 Å². The quantitative estimate of drug-likeness (QED) is 0.613. The second-order valence-corrected chi connectivity index (χ2v) is 7.54. The van der Waals surface area contributed by atoms with Crippen LogP contribution >= 0.6 is 0 Å². The van der Waals surface area contributed by atoms with E-state index in [-0.39, 0.29) is 35.9 Å². The van der Waals surface area contributed by atoms with E-state index in [9.17, 15) is 36.2 Å². The van der Waals surface area contributed by atoms with Crippen molar-refractivity contribution in [1.82, 2.24) is 15.2 Å². The van der Waals surface area contributed by atoms with Gasteiger partial charge in [-0.15, -0.1) is 0 Å². The van der Waals surface area contributed by atoms with Crippen LogP contribution in [0.1, 0.15) is 41.5 Å². The standard InChI is InChI=1S/C18H17F6N5O2/c19-17(20,21)9-5-10(7-25-6-9)29-3-1-8(2-4-29)13-11-12(18(22,23)24)14(30)16(31)26-15(11)28-27-13/h5-8,12,14,30H,1-4H2,(H2,26,27,28,31). The maximum Gasteiger partial charge on any atom is 0.417 e. The number of pyridine rings is 1. The number of hydrogen-bond donors (Lipinski definition) is 3. The van der Waals surface area contributed by atoms with E-state index in [0.717, 1.165) is 12.3 Å². The zero-order chi connectivity index (χ0) is 22.6. The van der Waals surface area contributed by atoms with Gasteiger partial charge in [-0.3, -0.25) is 14.9 Å². The van der Waals surface area contributed by atoms with Gasteiger partial charge >= 0.3 is 12.4 Å². The molecule has 1 fully saturated rings. The molecule has 2 aromatic rings. The summed E-state index contributed by atoms with van der Waals surface area (Å²) in [6.07, 6.45) is -8.99. The number of amides is 1. The largest absolute Gasteiger partial charge is 0.417 e. The Bertz CT molecular complexity index is 981. The van der Waals surface area contributed by atoms with Gasteiger partial charge in [-0.25, -0.2) is 0 Å². The van der Waals surface area contributed by atoms with E-state index < -0.39 is 41.8 Å². The molecule has 2 aliphatic heterocycles. The Morgan fingerprint density at radius 2 is 1.77 bits per heavy atom. The number of alkyl halides is 6. The number of piperidine rings is 1. The van der Waals surface area contributed by atoms with Gasteiger partial charge in [-0.2, -0.15) is 31.4 Å². The Hall–Kier alpha value is -2.83. The molecule has 0 saturated carbocycles. The molecule has 0 aliphatic carbocycles. The van der Waals surface area contributed by atoms with E-state index in [2.05, 4.69) is 20.5 Å². The zero-order valence-corrected chi connectivity index (χ0v) is 15.8. The number of aliphatic hydroxyl groups is 1. The predicted molar refractivity (Wildman–Crippen MR) is 95.4 cm³/mol. The fourth-order valence-electron chi connectivity index (χ4n) is 4.11. The number of hydrogen-bond acceptors (Lipinski definition) is 5. The van der Waals surface area contributed by atoms with E-state index in [1.807, 2.05) is 0 Å². The number of aromatic amines is 1. The number of rotatable bonds is 2. The Balaban J connectivity index is 1.55. The molecule has 3 N–H and O–H groups in total. The van der Waals surface area contributed by atoms with Crippen LogP contribution in [-0.4, -0.2) is 51.6 Å². The van der Waals surface area contributed by atoms with Crippen LogP contribution in [0.25, 0.3) is 0 Å². The monoisotopic (exact) mass is 449 g/mol. The Kier molecular flexibility index (Phi) is 5.10. The zero-order valence-electron chi connectivity index (χ0n) is 15.8. The third-order valence-corrected chi connectivity index (χ3v) is 5.64. The highest BCUT2D eigenvalue weighted by Crippen LogP contribution is 2.47. The minimum absolute atomic E-state index is 0.165. The molecule has 31 heavy (non-hydrogen) atoms. The molecule has 1 amide bonds. The molecule has 13 heteroatoms. The van der Waals surface area contributed by atoms with E-state index >= 15 is 0 Å². The van der Waals surface area contributed by atoms with Crippen LogP contribution < -0.4 is 10.2 Å². The number of H-pyrrole nitrogens is 1. The van der Waals surface area contributed by atoms with E-state index in [1.54, 1.807) is 4.90 Å². The molecule has 0 spiro atoms. The summed E-state index contributed by atoms with van der Waals surface area (Å²) in [5.41, 5.74) is -0.736. The van der Waals surface area contributed by atoms with Crippen molar-refractivity contribution >= 4 is 17.4 Å². The first-order chi connectivity index (χ1) is 14.5. The molecule has 2 atom stereocenters. The molecule has 4 heterocycles. The molecular formula is C18H17F6N5O2. The van der Waals surface area contributed by atoms with Crippen LogP contribution in [0.4, 0.5) is 37.8 Å². The van der Waals surface area contributed by atoms with Gasteiger partial charge in [0.25, 0.3) is 5.91 Å². The van der Waals surface area contributed by atoms with E-state index in [4.69, 9.17) is 0 Å². The lowest BCUT2D eigenvalue weighted by Gasteiger charge is -2.35. The minimum atomic E-state index is -4.87. The summed E-state index contributed by atoms with van der Waals surface area (Å²) in [5, 5.41) is 18.4. The summed E-state index contributed by atoms with van der Waals surface area (Å²) >= 11 is 0. The van der Waals surface area contributed by atoms with Crippen molar-refractivity contribution in [3.63, 3.8) is 0 Å². The molecule has 2 aromatic heterocycles. The highest BCUT2D eigenvalue weighted by Gasteiger charge is 2.53. The number of fused-ring (bicyclic) bond motifs is 1. The average molecular weight is 449 g/mol. The molecule has 2 aliphatic rings. The maximum atomic E-state index is 13.6. The van der Waals surface area contributed by atoms with Crippen molar-refractivity contribution in [2.24, 2.45) is 0 Å². The number of carbonyl (C=O) groups is 1. The molecule has 4 rings (SSSR count). The van der Waals surface area contributed by atoms with Gasteiger partial charge in [0.15, 0.2) is 5.82 Å². The molecule has 168 valence electrons. The molecule has 0 radical (unpaired) electrons. The van der Waals surface area contributed by atoms with Gasteiger partial charge in [-0.05, 0) is 18.9 Å². The SMILES string of the molecule is O=C1Nc2n[nH]c(C3CCN(c4cncc(C(F)(F)F)c4)CC3)c2C(C(F)(F)F)C1O. The Labute approximate surface area is 171 Å². The lowest BCUT2D eigenvalue weighted by Crippen LogP contribution is -2.44. The van der Waals surface area contributed by atoms with Crippen molar-refractivity contribution in [3.8, 4) is 0 Å². The smallest absolute Gasteiger partial charge is 0.382 e. The van der Waals surface area contributed by atoms with Crippen LogP contribution in [0.5, 0.6) is 0 Å². The number of aliphatic hydroxyl groups excluding tert-OH is 1. The number of anilines is 2. The van der Waals surface area contributed by atoms with Crippen LogP contribution in [0.2, 0.25) is 0 Å². The van der Waals surface area contributed by atoms with Crippen LogP contribution in [0, 0.1) is 0 Å². The third kappa shape index (κ3) is 3.93. The van der Waals surface area contributed by atoms with Crippen LogP contribution in [0.15, 0.2) is 18.5 Å². The van der Waals surface area contributed by atoms with E-state index in [1.165, 1.54) is 6.20 Å². The lowest BCUT2D eigenvalue weighted by molar-refractivity contribution is -0.177. The van der Waals surface area contributed by atoms with Crippen LogP contribution in [-0.2, 0) is 11.0 Å². The summed E-state index contributed by atoms with van der Waals surface area (Å²) < 4.78 is 79.6. The second kappa shape index (κ2) is 7.39. The van der Waals surface area contributed by atoms with Crippen molar-refractivity contribution in [1.29, 1.82) is 0 Å². The van der Waals surface area contributed by atoms with Gasteiger partial charge < -0.3 is 15.3 Å². The molecule has 7 nitrogen and oxygen atoms in total. The average Bonchev–Trinajstić information content (AvgIpc) is 3.10. The topological polar surface area (TPSA) is 94.1 Å². The summed E-state index contributed by atoms with van der Waals surface area (Å²) in [5.74, 6) is -4.26. The Morgan fingerprint density at radius 3 is 2.39 bits per heavy atom.